The van der Waals surface area contributed by atoms with E-state index in [1.165, 1.54) is 23.9 Å². The van der Waals surface area contributed by atoms with E-state index in [1.54, 1.807) is 23.9 Å². The summed E-state index contributed by atoms with van der Waals surface area (Å²) in [6.07, 6.45) is 1.26. The Kier molecular flexibility index (Phi) is 6.95. The molecule has 1 unspecified atom stereocenters. The van der Waals surface area contributed by atoms with Crippen molar-refractivity contribution in [2.24, 2.45) is 0 Å². The minimum atomic E-state index is -0.731. The van der Waals surface area contributed by atoms with Crippen molar-refractivity contribution in [1.29, 1.82) is 0 Å². The lowest BCUT2D eigenvalue weighted by Crippen LogP contribution is -2.29. The lowest BCUT2D eigenvalue weighted by atomic mass is 10.1. The summed E-state index contributed by atoms with van der Waals surface area (Å²) in [5.74, 6) is -0.238. The summed E-state index contributed by atoms with van der Waals surface area (Å²) in [6, 6.07) is 13.6. The van der Waals surface area contributed by atoms with Gasteiger partial charge in [0.05, 0.1) is 11.9 Å². The van der Waals surface area contributed by atoms with E-state index in [-0.39, 0.29) is 24.0 Å². The van der Waals surface area contributed by atoms with Crippen LogP contribution in [0.3, 0.4) is 0 Å². The van der Waals surface area contributed by atoms with Gasteiger partial charge in [0, 0.05) is 16.3 Å². The largest absolute Gasteiger partial charge is 0.387 e. The van der Waals surface area contributed by atoms with Crippen molar-refractivity contribution < 1.29 is 14.3 Å². The van der Waals surface area contributed by atoms with Gasteiger partial charge in [-0.05, 0) is 48.2 Å². The molecule has 0 radical (unpaired) electrons. The van der Waals surface area contributed by atoms with E-state index >= 15 is 0 Å². The molecular formula is C17H18FNO2S2. The van der Waals surface area contributed by atoms with E-state index in [0.717, 1.165) is 15.4 Å². The maximum atomic E-state index is 12.8. The van der Waals surface area contributed by atoms with Crippen LogP contribution in [0.2, 0.25) is 0 Å². The third kappa shape index (κ3) is 5.89. The highest BCUT2D eigenvalue weighted by Crippen LogP contribution is 2.19. The Labute approximate surface area is 143 Å². The molecule has 0 fully saturated rings. The number of aliphatic hydroxyl groups excluding tert-OH is 1. The van der Waals surface area contributed by atoms with Gasteiger partial charge in [0.1, 0.15) is 5.82 Å². The number of carbonyl (C=O) groups excluding carboxylic acids is 1. The molecule has 0 aliphatic carbocycles. The fraction of sp³-hybridized carbons (Fsp3) is 0.235. The Morgan fingerprint density at radius 2 is 1.74 bits per heavy atom. The van der Waals surface area contributed by atoms with Gasteiger partial charge in [-0.25, -0.2) is 4.39 Å². The highest BCUT2D eigenvalue weighted by molar-refractivity contribution is 8.00. The van der Waals surface area contributed by atoms with Crippen LogP contribution in [0.1, 0.15) is 11.7 Å². The molecule has 23 heavy (non-hydrogen) atoms. The summed E-state index contributed by atoms with van der Waals surface area (Å²) in [7, 11) is 0. The van der Waals surface area contributed by atoms with E-state index in [4.69, 9.17) is 0 Å². The molecule has 2 N–H and O–H groups in total. The van der Waals surface area contributed by atoms with Crippen molar-refractivity contribution in [1.82, 2.24) is 5.32 Å². The summed E-state index contributed by atoms with van der Waals surface area (Å²) >= 11 is 2.96. The lowest BCUT2D eigenvalue weighted by Gasteiger charge is -2.12. The predicted octanol–water partition coefficient (Wildman–Crippen LogP) is 3.49. The Bertz CT molecular complexity index is 632. The Balaban J connectivity index is 1.75. The number of thioether (sulfide) groups is 2. The zero-order valence-electron chi connectivity index (χ0n) is 12.7. The van der Waals surface area contributed by atoms with Gasteiger partial charge in [0.2, 0.25) is 5.91 Å². The summed E-state index contributed by atoms with van der Waals surface area (Å²) in [6.45, 7) is 0.168. The van der Waals surface area contributed by atoms with E-state index in [1.807, 2.05) is 30.5 Å². The molecule has 3 nitrogen and oxygen atoms in total. The van der Waals surface area contributed by atoms with Crippen molar-refractivity contribution in [2.45, 2.75) is 15.9 Å². The number of halogens is 1. The number of hydrogen-bond donors (Lipinski definition) is 2. The van der Waals surface area contributed by atoms with Gasteiger partial charge in [0.15, 0.2) is 0 Å². The van der Waals surface area contributed by atoms with Crippen LogP contribution in [0.4, 0.5) is 4.39 Å². The fourth-order valence-electron chi connectivity index (χ4n) is 1.89. The van der Waals surface area contributed by atoms with Crippen LogP contribution in [0, 0.1) is 5.82 Å². The molecule has 0 aromatic heterocycles. The van der Waals surface area contributed by atoms with Crippen LogP contribution in [-0.4, -0.2) is 29.6 Å². The summed E-state index contributed by atoms with van der Waals surface area (Å²) in [4.78, 5) is 13.8. The quantitative estimate of drug-likeness (QED) is 0.750. The smallest absolute Gasteiger partial charge is 0.230 e. The topological polar surface area (TPSA) is 49.3 Å². The van der Waals surface area contributed by atoms with E-state index in [2.05, 4.69) is 5.32 Å². The molecular weight excluding hydrogens is 333 g/mol. The van der Waals surface area contributed by atoms with Gasteiger partial charge in [0.25, 0.3) is 0 Å². The average molecular weight is 351 g/mol. The third-order valence-electron chi connectivity index (χ3n) is 3.18. The van der Waals surface area contributed by atoms with Gasteiger partial charge in [-0.3, -0.25) is 4.79 Å². The van der Waals surface area contributed by atoms with Gasteiger partial charge in [-0.2, -0.15) is 0 Å². The summed E-state index contributed by atoms with van der Waals surface area (Å²) in [5.41, 5.74) is 0.772. The molecule has 0 bridgehead atoms. The molecule has 0 heterocycles. The molecule has 0 spiro atoms. The Hall–Kier alpha value is -1.50. The summed E-state index contributed by atoms with van der Waals surface area (Å²) < 4.78 is 12.8. The van der Waals surface area contributed by atoms with Crippen molar-refractivity contribution >= 4 is 29.4 Å². The Morgan fingerprint density at radius 3 is 2.35 bits per heavy atom. The molecule has 0 aliphatic rings. The van der Waals surface area contributed by atoms with Crippen molar-refractivity contribution in [3.05, 3.63) is 59.9 Å². The minimum absolute atomic E-state index is 0.167. The first-order chi connectivity index (χ1) is 11.1. The van der Waals surface area contributed by atoms with E-state index in [0.29, 0.717) is 0 Å². The monoisotopic (exact) mass is 351 g/mol. The van der Waals surface area contributed by atoms with Crippen molar-refractivity contribution in [2.75, 3.05) is 18.6 Å². The molecule has 2 aromatic rings. The normalized spacial score (nSPS) is 12.0. The van der Waals surface area contributed by atoms with Crippen LogP contribution in [-0.2, 0) is 4.79 Å². The van der Waals surface area contributed by atoms with Gasteiger partial charge >= 0.3 is 0 Å². The molecule has 2 aromatic carbocycles. The highest BCUT2D eigenvalue weighted by Gasteiger charge is 2.10. The van der Waals surface area contributed by atoms with Crippen molar-refractivity contribution in [3.63, 3.8) is 0 Å². The van der Waals surface area contributed by atoms with Gasteiger partial charge in [-0.1, -0.05) is 12.1 Å². The zero-order chi connectivity index (χ0) is 16.7. The number of hydrogen-bond acceptors (Lipinski definition) is 4. The number of aliphatic hydroxyl groups is 1. The second-order valence-corrected chi connectivity index (χ2v) is 6.76. The van der Waals surface area contributed by atoms with Crippen LogP contribution >= 0.6 is 23.5 Å². The first-order valence-electron chi connectivity index (χ1n) is 7.05. The predicted molar refractivity (Wildman–Crippen MR) is 93.3 cm³/mol. The molecule has 6 heteroatoms. The highest BCUT2D eigenvalue weighted by atomic mass is 32.2. The maximum absolute atomic E-state index is 12.8. The third-order valence-corrected chi connectivity index (χ3v) is 4.93. The van der Waals surface area contributed by atoms with E-state index < -0.39 is 6.10 Å². The average Bonchev–Trinajstić information content (AvgIpc) is 2.59. The number of benzene rings is 2. The standard InChI is InChI=1S/C17H18FNO2S2/c1-22-14-6-2-12(3-7-14)16(20)10-19-17(21)11-23-15-8-4-13(18)5-9-15/h2-9,16,20H,10-11H2,1H3,(H,19,21). The van der Waals surface area contributed by atoms with Crippen LogP contribution < -0.4 is 5.32 Å². The van der Waals surface area contributed by atoms with Crippen molar-refractivity contribution in [3.8, 4) is 0 Å². The minimum Gasteiger partial charge on any atom is -0.387 e. The summed E-state index contributed by atoms with van der Waals surface area (Å²) in [5, 5.41) is 12.8. The van der Waals surface area contributed by atoms with Gasteiger partial charge in [-0.15, -0.1) is 23.5 Å². The number of amides is 1. The SMILES string of the molecule is CSc1ccc(C(O)CNC(=O)CSc2ccc(F)cc2)cc1. The fourth-order valence-corrected chi connectivity index (χ4v) is 3.02. The van der Waals surface area contributed by atoms with Crippen LogP contribution in [0.25, 0.3) is 0 Å². The van der Waals surface area contributed by atoms with Crippen LogP contribution in [0.5, 0.6) is 0 Å². The maximum Gasteiger partial charge on any atom is 0.230 e. The molecule has 122 valence electrons. The molecule has 0 saturated heterocycles. The molecule has 2 rings (SSSR count). The lowest BCUT2D eigenvalue weighted by molar-refractivity contribution is -0.119. The van der Waals surface area contributed by atoms with Crippen LogP contribution in [0.15, 0.2) is 58.3 Å². The first-order valence-corrected chi connectivity index (χ1v) is 9.26. The first kappa shape index (κ1) is 17.8. The second-order valence-electron chi connectivity index (χ2n) is 4.84. The number of carbonyl (C=O) groups is 1. The van der Waals surface area contributed by atoms with E-state index in [9.17, 15) is 14.3 Å². The number of nitrogens with one attached hydrogen (secondary N) is 1. The molecule has 1 amide bonds. The molecule has 0 aliphatic heterocycles. The van der Waals surface area contributed by atoms with Gasteiger partial charge < -0.3 is 10.4 Å². The second kappa shape index (κ2) is 8.96. The zero-order valence-corrected chi connectivity index (χ0v) is 14.3. The molecule has 1 atom stereocenters. The number of rotatable bonds is 7. The molecule has 0 saturated carbocycles. The Morgan fingerprint density at radius 1 is 1.13 bits per heavy atom.